The summed E-state index contributed by atoms with van der Waals surface area (Å²) >= 11 is 1.60. The van der Waals surface area contributed by atoms with Gasteiger partial charge in [-0.2, -0.15) is 0 Å². The van der Waals surface area contributed by atoms with E-state index in [-0.39, 0.29) is 12.6 Å². The van der Waals surface area contributed by atoms with Crippen LogP contribution < -0.4 is 5.32 Å². The summed E-state index contributed by atoms with van der Waals surface area (Å²) in [4.78, 5) is 8.97. The number of aromatic nitrogens is 2. The first-order valence-corrected chi connectivity index (χ1v) is 8.50. The lowest BCUT2D eigenvalue weighted by Gasteiger charge is -2.17. The van der Waals surface area contributed by atoms with Crippen LogP contribution in [0.3, 0.4) is 0 Å². The van der Waals surface area contributed by atoms with E-state index in [1.54, 1.807) is 17.5 Å². The molecule has 23 heavy (non-hydrogen) atoms. The van der Waals surface area contributed by atoms with Crippen molar-refractivity contribution in [2.45, 2.75) is 19.0 Å². The van der Waals surface area contributed by atoms with Gasteiger partial charge in [-0.25, -0.2) is 4.98 Å². The van der Waals surface area contributed by atoms with Crippen LogP contribution in [-0.4, -0.2) is 21.7 Å². The molecule has 4 nitrogen and oxygen atoms in total. The number of aliphatic hydroxyl groups is 1. The van der Waals surface area contributed by atoms with Gasteiger partial charge in [0.05, 0.1) is 11.4 Å². The van der Waals surface area contributed by atoms with Crippen molar-refractivity contribution < 1.29 is 5.11 Å². The highest BCUT2D eigenvalue weighted by Crippen LogP contribution is 2.22. The number of nitrogens with one attached hydrogen (secondary N) is 1. The second kappa shape index (κ2) is 7.97. The van der Waals surface area contributed by atoms with Crippen LogP contribution in [0, 0.1) is 0 Å². The van der Waals surface area contributed by atoms with Crippen LogP contribution >= 0.6 is 11.3 Å². The van der Waals surface area contributed by atoms with E-state index in [1.807, 2.05) is 36.4 Å². The minimum Gasteiger partial charge on any atom is -0.396 e. The Bertz CT molecular complexity index is 715. The third-order valence-corrected chi connectivity index (χ3v) is 4.50. The first kappa shape index (κ1) is 15.8. The molecule has 3 aromatic rings. The zero-order chi connectivity index (χ0) is 15.9. The largest absolute Gasteiger partial charge is 0.396 e. The van der Waals surface area contributed by atoms with Crippen LogP contribution in [0.2, 0.25) is 0 Å². The van der Waals surface area contributed by atoms with Gasteiger partial charge in [-0.1, -0.05) is 36.4 Å². The number of hydrogen-bond donors (Lipinski definition) is 2. The Balaban J connectivity index is 1.66. The van der Waals surface area contributed by atoms with Crippen molar-refractivity contribution in [3.63, 3.8) is 0 Å². The van der Waals surface area contributed by atoms with Gasteiger partial charge in [0.1, 0.15) is 5.01 Å². The molecule has 0 aliphatic heterocycles. The molecule has 2 heterocycles. The van der Waals surface area contributed by atoms with Gasteiger partial charge in [0.2, 0.25) is 0 Å². The fraction of sp³-hybridized carbons (Fsp3) is 0.222. The topological polar surface area (TPSA) is 58.0 Å². The highest BCUT2D eigenvalue weighted by molar-refractivity contribution is 7.13. The standard InChI is InChI=1S/C18H19N3OS/c22-11-9-16(14-6-2-1-3-7-14)20-12-15-13-23-18(21-15)17-8-4-5-10-19-17/h1-8,10,13,16,20,22H,9,11-12H2/t16-/m1/s1. The Hall–Kier alpha value is -2.08. The molecule has 0 spiro atoms. The van der Waals surface area contributed by atoms with E-state index in [2.05, 4.69) is 32.8 Å². The fourth-order valence-corrected chi connectivity index (χ4v) is 3.22. The molecule has 0 radical (unpaired) electrons. The molecule has 0 aliphatic rings. The summed E-state index contributed by atoms with van der Waals surface area (Å²) in [5.41, 5.74) is 3.08. The Kier molecular flexibility index (Phi) is 5.47. The number of benzene rings is 1. The second-order valence-electron chi connectivity index (χ2n) is 5.22. The van der Waals surface area contributed by atoms with E-state index >= 15 is 0 Å². The average molecular weight is 325 g/mol. The summed E-state index contributed by atoms with van der Waals surface area (Å²) in [5.74, 6) is 0. The van der Waals surface area contributed by atoms with Crippen molar-refractivity contribution >= 4 is 11.3 Å². The van der Waals surface area contributed by atoms with Crippen molar-refractivity contribution in [3.8, 4) is 10.7 Å². The number of rotatable bonds is 7. The van der Waals surface area contributed by atoms with E-state index in [9.17, 15) is 5.11 Å². The maximum absolute atomic E-state index is 9.29. The minimum absolute atomic E-state index is 0.126. The molecule has 1 atom stereocenters. The molecule has 0 unspecified atom stereocenters. The van der Waals surface area contributed by atoms with Crippen molar-refractivity contribution in [2.75, 3.05) is 6.61 Å². The highest BCUT2D eigenvalue weighted by atomic mass is 32.1. The van der Waals surface area contributed by atoms with Crippen LogP contribution in [0.5, 0.6) is 0 Å². The van der Waals surface area contributed by atoms with Gasteiger partial charge >= 0.3 is 0 Å². The number of nitrogens with zero attached hydrogens (tertiary/aromatic N) is 2. The lowest BCUT2D eigenvalue weighted by Crippen LogP contribution is -2.22. The summed E-state index contributed by atoms with van der Waals surface area (Å²) in [5, 5.41) is 15.8. The van der Waals surface area contributed by atoms with Crippen LogP contribution in [0.1, 0.15) is 23.7 Å². The van der Waals surface area contributed by atoms with Crippen LogP contribution in [-0.2, 0) is 6.54 Å². The molecule has 0 aliphatic carbocycles. The summed E-state index contributed by atoms with van der Waals surface area (Å²) < 4.78 is 0. The van der Waals surface area contributed by atoms with Crippen molar-refractivity contribution in [3.05, 3.63) is 71.4 Å². The van der Waals surface area contributed by atoms with E-state index in [4.69, 9.17) is 0 Å². The van der Waals surface area contributed by atoms with Crippen LogP contribution in [0.15, 0.2) is 60.1 Å². The van der Waals surface area contributed by atoms with Gasteiger partial charge in [-0.05, 0) is 24.1 Å². The predicted molar refractivity (Wildman–Crippen MR) is 93.1 cm³/mol. The average Bonchev–Trinajstić information content (AvgIpc) is 3.09. The van der Waals surface area contributed by atoms with Gasteiger partial charge in [0.15, 0.2) is 0 Å². The van der Waals surface area contributed by atoms with Crippen molar-refractivity contribution in [1.82, 2.24) is 15.3 Å². The van der Waals surface area contributed by atoms with Gasteiger partial charge in [0.25, 0.3) is 0 Å². The molecule has 0 amide bonds. The number of aliphatic hydroxyl groups excluding tert-OH is 1. The fourth-order valence-electron chi connectivity index (χ4n) is 2.42. The molecule has 0 saturated heterocycles. The summed E-state index contributed by atoms with van der Waals surface area (Å²) in [7, 11) is 0. The highest BCUT2D eigenvalue weighted by Gasteiger charge is 2.11. The molecule has 5 heteroatoms. The summed E-state index contributed by atoms with van der Waals surface area (Å²) in [6, 6.07) is 16.1. The molecule has 2 N–H and O–H groups in total. The minimum atomic E-state index is 0.126. The SMILES string of the molecule is OCC[C@@H](NCc1csc(-c2ccccn2)n1)c1ccccc1. The smallest absolute Gasteiger partial charge is 0.142 e. The first-order chi connectivity index (χ1) is 11.4. The van der Waals surface area contributed by atoms with Gasteiger partial charge < -0.3 is 10.4 Å². The Labute approximate surface area is 139 Å². The predicted octanol–water partition coefficient (Wildman–Crippen LogP) is 3.42. The first-order valence-electron chi connectivity index (χ1n) is 7.62. The Morgan fingerprint density at radius 1 is 1.09 bits per heavy atom. The van der Waals surface area contributed by atoms with Gasteiger partial charge in [-0.3, -0.25) is 4.98 Å². The van der Waals surface area contributed by atoms with E-state index in [0.717, 1.165) is 16.4 Å². The molecule has 2 aromatic heterocycles. The molecular weight excluding hydrogens is 306 g/mol. The normalized spacial score (nSPS) is 12.2. The van der Waals surface area contributed by atoms with Gasteiger partial charge in [-0.15, -0.1) is 11.3 Å². The zero-order valence-electron chi connectivity index (χ0n) is 12.7. The zero-order valence-corrected chi connectivity index (χ0v) is 13.5. The van der Waals surface area contributed by atoms with Crippen molar-refractivity contribution in [1.29, 1.82) is 0 Å². The lowest BCUT2D eigenvalue weighted by atomic mass is 10.0. The van der Waals surface area contributed by atoms with Crippen LogP contribution in [0.4, 0.5) is 0 Å². The number of thiazole rings is 1. The number of hydrogen-bond acceptors (Lipinski definition) is 5. The molecule has 118 valence electrons. The molecule has 0 fully saturated rings. The maximum atomic E-state index is 9.29. The quantitative estimate of drug-likeness (QED) is 0.699. The number of pyridine rings is 1. The maximum Gasteiger partial charge on any atom is 0.142 e. The third kappa shape index (κ3) is 4.22. The molecule has 3 rings (SSSR count). The summed E-state index contributed by atoms with van der Waals surface area (Å²) in [6.45, 7) is 0.825. The summed E-state index contributed by atoms with van der Waals surface area (Å²) in [6.07, 6.45) is 2.46. The van der Waals surface area contributed by atoms with Gasteiger partial charge in [0, 0.05) is 30.8 Å². The lowest BCUT2D eigenvalue weighted by molar-refractivity contribution is 0.265. The van der Waals surface area contributed by atoms with E-state index in [0.29, 0.717) is 13.0 Å². The van der Waals surface area contributed by atoms with Crippen molar-refractivity contribution in [2.24, 2.45) is 0 Å². The van der Waals surface area contributed by atoms with Crippen LogP contribution in [0.25, 0.3) is 10.7 Å². The van der Waals surface area contributed by atoms with E-state index in [1.165, 1.54) is 5.56 Å². The second-order valence-corrected chi connectivity index (χ2v) is 6.07. The third-order valence-electron chi connectivity index (χ3n) is 3.59. The Morgan fingerprint density at radius 3 is 2.65 bits per heavy atom. The molecule has 1 aromatic carbocycles. The Morgan fingerprint density at radius 2 is 1.91 bits per heavy atom. The molecular formula is C18H19N3OS. The molecule has 0 saturated carbocycles. The van der Waals surface area contributed by atoms with E-state index < -0.39 is 0 Å². The molecule has 0 bridgehead atoms. The monoisotopic (exact) mass is 325 g/mol.